The van der Waals surface area contributed by atoms with Crippen LogP contribution in [0.3, 0.4) is 0 Å². The van der Waals surface area contributed by atoms with Crippen LogP contribution in [0.25, 0.3) is 0 Å². The zero-order chi connectivity index (χ0) is 33.1. The highest BCUT2D eigenvalue weighted by molar-refractivity contribution is 7.91. The molecule has 0 bridgehead atoms. The number of nitrogens with two attached hydrogens (primary N) is 2. The van der Waals surface area contributed by atoms with E-state index in [1.165, 1.54) is 32.0 Å². The van der Waals surface area contributed by atoms with E-state index in [4.69, 9.17) is 34.7 Å². The minimum atomic E-state index is -5.28. The third kappa shape index (κ3) is 10.9. The van der Waals surface area contributed by atoms with Gasteiger partial charge in [0.2, 0.25) is 28.4 Å². The third-order valence-corrected chi connectivity index (χ3v) is 8.54. The number of hydrogen-bond donors (Lipinski definition) is 4. The number of carbonyl (C=O) groups is 2. The van der Waals surface area contributed by atoms with E-state index in [1.54, 1.807) is 13.0 Å². The van der Waals surface area contributed by atoms with Crippen molar-refractivity contribution < 1.29 is 59.9 Å². The Balaban J connectivity index is 0.0000101. The number of hydrogen-bond acceptors (Lipinski definition) is 12. The second kappa shape index (κ2) is 17.6. The molecule has 2 atom stereocenters. The van der Waals surface area contributed by atoms with Gasteiger partial charge in [-0.1, -0.05) is 12.1 Å². The van der Waals surface area contributed by atoms with E-state index in [-0.39, 0.29) is 60.6 Å². The number of aliphatic carboxylic acids is 2. The van der Waals surface area contributed by atoms with Gasteiger partial charge in [-0.25, -0.2) is 18.0 Å². The zero-order valence-electron chi connectivity index (χ0n) is 24.4. The molecule has 0 fully saturated rings. The van der Waals surface area contributed by atoms with Gasteiger partial charge in [0.1, 0.15) is 27.9 Å². The zero-order valence-corrected chi connectivity index (χ0v) is 26.8. The molecule has 2 aromatic carbocycles. The Hall–Kier alpha value is -3.88. The van der Waals surface area contributed by atoms with Gasteiger partial charge in [0, 0.05) is 25.7 Å². The summed E-state index contributed by atoms with van der Waals surface area (Å²) in [6.45, 7) is 3.90. The molecule has 0 amide bonds. The number of guanidine groups is 1. The van der Waals surface area contributed by atoms with E-state index < -0.39 is 54.3 Å². The maximum Gasteiger partial charge on any atom is 0.349 e. The first-order valence-electron chi connectivity index (χ1n) is 12.9. The molecule has 0 heterocycles. The van der Waals surface area contributed by atoms with Gasteiger partial charge in [0.05, 0.1) is 6.61 Å². The molecule has 0 aliphatic carbocycles. The molecule has 45 heavy (non-hydrogen) atoms. The van der Waals surface area contributed by atoms with Crippen LogP contribution in [-0.2, 0) is 44.0 Å². The average Bonchev–Trinajstić information content (AvgIpc) is 2.93. The van der Waals surface area contributed by atoms with Crippen molar-refractivity contribution in [3.05, 3.63) is 48.0 Å². The smallest absolute Gasteiger partial charge is 0.349 e. The molecule has 6 N–H and O–H groups in total. The largest absolute Gasteiger partial charge is 0.493 e. The van der Waals surface area contributed by atoms with E-state index >= 15 is 0 Å². The highest BCUT2D eigenvalue weighted by Gasteiger charge is 2.47. The molecule has 0 spiro atoms. The molecule has 0 saturated heterocycles. The summed E-state index contributed by atoms with van der Waals surface area (Å²) in [6, 6.07) is 8.29. The second-order valence-corrected chi connectivity index (χ2v) is 12.0. The van der Waals surface area contributed by atoms with Crippen molar-refractivity contribution in [2.45, 2.75) is 49.4 Å². The van der Waals surface area contributed by atoms with Crippen LogP contribution in [0.2, 0.25) is 0 Å². The number of halogens is 1. The number of rotatable bonds is 19. The lowest BCUT2D eigenvalue weighted by Crippen LogP contribution is -2.55. The van der Waals surface area contributed by atoms with Gasteiger partial charge in [-0.3, -0.25) is 0 Å². The fourth-order valence-corrected chi connectivity index (χ4v) is 6.86. The SMILES string of the molecule is CCOC(C(=O)O)N(C(OCC)C(=O)O)S(=O)(=O)c1ccccc1S(=O)(=O)Oc1cc(C)cc(OCCCON=C(N)N)c1.Cl. The summed E-state index contributed by atoms with van der Waals surface area (Å²) >= 11 is 0. The lowest BCUT2D eigenvalue weighted by atomic mass is 10.2. The minimum absolute atomic E-state index is 0. The molecule has 2 rings (SSSR count). The standard InChI is InChI=1S/C25H34N4O13S2.ClH/c1-4-38-21(23(30)31)29(22(24(32)33)39-5-2)43(34,35)19-9-6-7-10-20(19)44(36,37)42-18-14-16(3)13-17(15-18)40-11-8-12-41-28-25(26)27;/h6-7,9-10,13-15,21-22H,4-5,8,11-12H2,1-3H3,(H,30,31)(H,32,33)(H4,26,27,28);1H. The van der Waals surface area contributed by atoms with E-state index in [0.717, 1.165) is 18.2 Å². The maximum atomic E-state index is 13.9. The molecule has 0 aromatic heterocycles. The van der Waals surface area contributed by atoms with Gasteiger partial charge < -0.3 is 44.9 Å². The molecular formula is C25H35ClN4O13S2. The summed E-state index contributed by atoms with van der Waals surface area (Å²) < 4.78 is 75.6. The van der Waals surface area contributed by atoms with Crippen LogP contribution in [-0.4, -0.2) is 88.1 Å². The van der Waals surface area contributed by atoms with Crippen molar-refractivity contribution >= 4 is 50.4 Å². The van der Waals surface area contributed by atoms with Gasteiger partial charge in [-0.2, -0.15) is 8.42 Å². The number of carboxylic acids is 2. The normalized spacial score (nSPS) is 12.8. The molecule has 0 aliphatic rings. The van der Waals surface area contributed by atoms with Crippen LogP contribution >= 0.6 is 12.4 Å². The van der Waals surface area contributed by atoms with Crippen LogP contribution < -0.4 is 20.4 Å². The van der Waals surface area contributed by atoms with Crippen molar-refractivity contribution in [1.29, 1.82) is 0 Å². The molecule has 0 aliphatic heterocycles. The van der Waals surface area contributed by atoms with Gasteiger partial charge in [0.15, 0.2) is 0 Å². The Kier molecular flexibility index (Phi) is 15.3. The first kappa shape index (κ1) is 39.1. The average molecular weight is 699 g/mol. The van der Waals surface area contributed by atoms with Crippen molar-refractivity contribution in [3.63, 3.8) is 0 Å². The first-order valence-corrected chi connectivity index (χ1v) is 15.7. The lowest BCUT2D eigenvalue weighted by molar-refractivity contribution is -0.181. The third-order valence-electron chi connectivity index (χ3n) is 5.26. The summed E-state index contributed by atoms with van der Waals surface area (Å²) in [5.41, 5.74) is 10.8. The number of benzene rings is 2. The summed E-state index contributed by atoms with van der Waals surface area (Å²) in [6.07, 6.45) is -4.43. The van der Waals surface area contributed by atoms with Crippen LogP contribution in [0.1, 0.15) is 25.8 Å². The summed E-state index contributed by atoms with van der Waals surface area (Å²) in [5, 5.41) is 22.8. The highest BCUT2D eigenvalue weighted by Crippen LogP contribution is 2.31. The molecule has 0 radical (unpaired) electrons. The Morgan fingerprint density at radius 3 is 1.93 bits per heavy atom. The predicted molar refractivity (Wildman–Crippen MR) is 160 cm³/mol. The predicted octanol–water partition coefficient (Wildman–Crippen LogP) is 1.04. The second-order valence-electron chi connectivity index (χ2n) is 8.64. The van der Waals surface area contributed by atoms with E-state index in [9.17, 15) is 36.6 Å². The van der Waals surface area contributed by atoms with Gasteiger partial charge in [-0.05, 0) is 55.8 Å². The van der Waals surface area contributed by atoms with Gasteiger partial charge in [0.25, 0.3) is 0 Å². The molecule has 0 saturated carbocycles. The Bertz CT molecular complexity index is 1530. The molecule has 20 heteroatoms. The Morgan fingerprint density at radius 1 is 0.889 bits per heavy atom. The van der Waals surface area contributed by atoms with Crippen LogP contribution in [0.4, 0.5) is 0 Å². The van der Waals surface area contributed by atoms with Crippen molar-refractivity contribution in [3.8, 4) is 11.5 Å². The number of sulfonamides is 1. The minimum Gasteiger partial charge on any atom is -0.493 e. The van der Waals surface area contributed by atoms with E-state index in [0.29, 0.717) is 12.0 Å². The van der Waals surface area contributed by atoms with Crippen LogP contribution in [0, 0.1) is 6.92 Å². The van der Waals surface area contributed by atoms with Crippen molar-refractivity contribution in [2.75, 3.05) is 26.4 Å². The summed E-state index contributed by atoms with van der Waals surface area (Å²) in [5.74, 6) is -4.01. The molecular weight excluding hydrogens is 664 g/mol. The monoisotopic (exact) mass is 698 g/mol. The van der Waals surface area contributed by atoms with Gasteiger partial charge >= 0.3 is 22.1 Å². The van der Waals surface area contributed by atoms with E-state index in [1.807, 2.05) is 0 Å². The summed E-state index contributed by atoms with van der Waals surface area (Å²) in [4.78, 5) is 27.0. The topological polar surface area (TPSA) is 257 Å². The Morgan fingerprint density at radius 2 is 1.42 bits per heavy atom. The molecule has 2 unspecified atom stereocenters. The quantitative estimate of drug-likeness (QED) is 0.0399. The van der Waals surface area contributed by atoms with Crippen molar-refractivity contribution in [1.82, 2.24) is 4.31 Å². The number of oxime groups is 1. The van der Waals surface area contributed by atoms with Crippen molar-refractivity contribution in [2.24, 2.45) is 16.6 Å². The number of nitrogens with zero attached hydrogens (tertiary/aromatic N) is 2. The molecule has 2 aromatic rings. The summed E-state index contributed by atoms with van der Waals surface area (Å²) in [7, 11) is -10.2. The lowest BCUT2D eigenvalue weighted by Gasteiger charge is -2.32. The number of carboxylic acid groups (broad SMARTS) is 2. The highest BCUT2D eigenvalue weighted by atomic mass is 35.5. The first-order chi connectivity index (χ1) is 20.6. The fourth-order valence-electron chi connectivity index (χ4n) is 3.63. The Labute approximate surface area is 266 Å². The van der Waals surface area contributed by atoms with Gasteiger partial charge in [-0.15, -0.1) is 16.7 Å². The van der Waals surface area contributed by atoms with Crippen LogP contribution in [0.15, 0.2) is 57.4 Å². The fraction of sp³-hybridized carbons (Fsp3) is 0.400. The van der Waals surface area contributed by atoms with E-state index in [2.05, 4.69) is 5.16 Å². The maximum absolute atomic E-state index is 13.9. The number of ether oxygens (including phenoxy) is 3. The number of aryl methyl sites for hydroxylation is 1. The molecule has 252 valence electrons. The van der Waals surface area contributed by atoms with Crippen LogP contribution in [0.5, 0.6) is 11.5 Å². The molecule has 17 nitrogen and oxygen atoms in total.